The summed E-state index contributed by atoms with van der Waals surface area (Å²) in [5, 5.41) is 11.8. The summed E-state index contributed by atoms with van der Waals surface area (Å²) in [6.45, 7) is 1.08. The van der Waals surface area contributed by atoms with Gasteiger partial charge in [0.2, 0.25) is 0 Å². The van der Waals surface area contributed by atoms with E-state index in [0.29, 0.717) is 11.7 Å². The Morgan fingerprint density at radius 3 is 3.00 bits per heavy atom. The molecule has 2 unspecified atom stereocenters. The minimum atomic E-state index is -0.800. The number of carbonyl (C=O) groups is 1. The number of carboxylic acid groups (broad SMARTS) is 1. The Morgan fingerprint density at radius 1 is 1.37 bits per heavy atom. The third kappa shape index (κ3) is 2.76. The smallest absolute Gasteiger partial charge is 0.309 e. The quantitative estimate of drug-likeness (QED) is 0.925. The molecule has 104 valence electrons. The lowest BCUT2D eigenvalue weighted by molar-refractivity contribution is -0.136. The molecule has 1 aromatic rings. The van der Waals surface area contributed by atoms with E-state index < -0.39 is 5.97 Å². The molecule has 2 aliphatic rings. The van der Waals surface area contributed by atoms with Gasteiger partial charge in [-0.25, -0.2) is 4.98 Å². The normalized spacial score (nSPS) is 27.1. The van der Waals surface area contributed by atoms with Gasteiger partial charge in [-0.2, -0.15) is 0 Å². The zero-order chi connectivity index (χ0) is 13.2. The fourth-order valence-electron chi connectivity index (χ4n) is 3.53. The molecule has 1 aliphatic carbocycles. The predicted octanol–water partition coefficient (Wildman–Crippen LogP) is 2.93. The van der Waals surface area contributed by atoms with Gasteiger partial charge in [-0.15, -0.1) is 11.3 Å². The van der Waals surface area contributed by atoms with Gasteiger partial charge in [-0.1, -0.05) is 12.8 Å². The Balaban J connectivity index is 1.76. The zero-order valence-corrected chi connectivity index (χ0v) is 11.9. The Morgan fingerprint density at radius 2 is 2.16 bits per heavy atom. The number of nitrogens with zero attached hydrogens (tertiary/aromatic N) is 2. The third-order valence-corrected chi connectivity index (χ3v) is 5.29. The predicted molar refractivity (Wildman–Crippen MR) is 75.8 cm³/mol. The lowest BCUT2D eigenvalue weighted by Gasteiger charge is -2.44. The molecule has 0 radical (unpaired) electrons. The van der Waals surface area contributed by atoms with Gasteiger partial charge < -0.3 is 10.0 Å². The first-order valence-corrected chi connectivity index (χ1v) is 8.05. The van der Waals surface area contributed by atoms with Crippen molar-refractivity contribution < 1.29 is 9.90 Å². The molecule has 5 heteroatoms. The lowest BCUT2D eigenvalue weighted by atomic mass is 9.78. The largest absolute Gasteiger partial charge is 0.481 e. The second-order valence-corrected chi connectivity index (χ2v) is 6.48. The number of aliphatic carboxylic acids is 1. The van der Waals surface area contributed by atoms with Gasteiger partial charge in [-0.3, -0.25) is 4.79 Å². The van der Waals surface area contributed by atoms with Crippen LogP contribution in [0.5, 0.6) is 0 Å². The number of anilines is 1. The summed E-state index contributed by atoms with van der Waals surface area (Å²) in [7, 11) is 0. The number of thiazole rings is 1. The van der Waals surface area contributed by atoms with Crippen LogP contribution in [-0.2, 0) is 11.2 Å². The molecule has 4 nitrogen and oxygen atoms in total. The SMILES string of the molecule is O=C(O)Cc1csc(N2CCCC3CCCCC32)n1. The van der Waals surface area contributed by atoms with Gasteiger partial charge in [0.05, 0.1) is 12.1 Å². The van der Waals surface area contributed by atoms with Crippen molar-refractivity contribution in [3.05, 3.63) is 11.1 Å². The lowest BCUT2D eigenvalue weighted by Crippen LogP contribution is -2.46. The molecule has 1 saturated heterocycles. The van der Waals surface area contributed by atoms with Gasteiger partial charge >= 0.3 is 5.97 Å². The van der Waals surface area contributed by atoms with Crippen molar-refractivity contribution in [2.24, 2.45) is 5.92 Å². The molecule has 1 saturated carbocycles. The van der Waals surface area contributed by atoms with Gasteiger partial charge in [0.25, 0.3) is 0 Å². The van der Waals surface area contributed by atoms with Crippen molar-refractivity contribution in [2.75, 3.05) is 11.4 Å². The van der Waals surface area contributed by atoms with E-state index in [1.807, 2.05) is 5.38 Å². The number of hydrogen-bond donors (Lipinski definition) is 1. The van der Waals surface area contributed by atoms with Crippen LogP contribution in [0.2, 0.25) is 0 Å². The topological polar surface area (TPSA) is 53.4 Å². The maximum Gasteiger partial charge on any atom is 0.309 e. The first-order valence-electron chi connectivity index (χ1n) is 7.17. The summed E-state index contributed by atoms with van der Waals surface area (Å²) in [6, 6.07) is 0.645. The van der Waals surface area contributed by atoms with Crippen LogP contribution in [0.15, 0.2) is 5.38 Å². The van der Waals surface area contributed by atoms with E-state index in [2.05, 4.69) is 9.88 Å². The highest BCUT2D eigenvalue weighted by molar-refractivity contribution is 7.13. The van der Waals surface area contributed by atoms with Crippen LogP contribution < -0.4 is 4.90 Å². The Labute approximate surface area is 117 Å². The van der Waals surface area contributed by atoms with Crippen LogP contribution in [-0.4, -0.2) is 28.6 Å². The summed E-state index contributed by atoms with van der Waals surface area (Å²) < 4.78 is 0. The Hall–Kier alpha value is -1.10. The molecule has 1 aromatic heterocycles. The van der Waals surface area contributed by atoms with Crippen molar-refractivity contribution in [1.29, 1.82) is 0 Å². The van der Waals surface area contributed by atoms with Crippen LogP contribution in [0, 0.1) is 5.92 Å². The maximum absolute atomic E-state index is 10.7. The van der Waals surface area contributed by atoms with Gasteiger partial charge in [0.15, 0.2) is 5.13 Å². The Kier molecular flexibility index (Phi) is 3.73. The zero-order valence-electron chi connectivity index (χ0n) is 11.0. The fourth-order valence-corrected chi connectivity index (χ4v) is 4.44. The molecule has 0 spiro atoms. The molecular weight excluding hydrogens is 260 g/mol. The summed E-state index contributed by atoms with van der Waals surface area (Å²) in [4.78, 5) is 17.7. The van der Waals surface area contributed by atoms with Crippen LogP contribution in [0.25, 0.3) is 0 Å². The molecule has 1 N–H and O–H groups in total. The number of piperidine rings is 1. The number of aromatic nitrogens is 1. The van der Waals surface area contributed by atoms with Crippen LogP contribution in [0.4, 0.5) is 5.13 Å². The van der Waals surface area contributed by atoms with Crippen molar-refractivity contribution >= 4 is 22.4 Å². The average Bonchev–Trinajstić information content (AvgIpc) is 2.85. The first-order chi connectivity index (χ1) is 9.24. The summed E-state index contributed by atoms with van der Waals surface area (Å²) in [5.74, 6) is 0.0281. The van der Waals surface area contributed by atoms with Crippen molar-refractivity contribution in [1.82, 2.24) is 4.98 Å². The van der Waals surface area contributed by atoms with Gasteiger partial charge in [-0.05, 0) is 31.6 Å². The van der Waals surface area contributed by atoms with Crippen molar-refractivity contribution in [3.63, 3.8) is 0 Å². The molecule has 0 amide bonds. The Bertz CT molecular complexity index is 458. The molecule has 3 rings (SSSR count). The standard InChI is InChI=1S/C14H20N2O2S/c17-13(18)8-11-9-19-14(15-11)16-7-3-5-10-4-1-2-6-12(10)16/h9-10,12H,1-8H2,(H,17,18). The van der Waals surface area contributed by atoms with E-state index in [9.17, 15) is 4.79 Å². The second-order valence-electron chi connectivity index (χ2n) is 5.64. The highest BCUT2D eigenvalue weighted by Gasteiger charge is 2.34. The van der Waals surface area contributed by atoms with E-state index in [0.717, 1.165) is 17.6 Å². The molecular formula is C14H20N2O2S. The molecule has 2 heterocycles. The minimum Gasteiger partial charge on any atom is -0.481 e. The molecule has 19 heavy (non-hydrogen) atoms. The number of rotatable bonds is 3. The molecule has 0 bridgehead atoms. The van der Waals surface area contributed by atoms with E-state index in [1.165, 1.54) is 38.5 Å². The molecule has 2 atom stereocenters. The van der Waals surface area contributed by atoms with E-state index in [1.54, 1.807) is 11.3 Å². The number of hydrogen-bond acceptors (Lipinski definition) is 4. The van der Waals surface area contributed by atoms with Crippen LogP contribution in [0.3, 0.4) is 0 Å². The third-order valence-electron chi connectivity index (χ3n) is 4.36. The summed E-state index contributed by atoms with van der Waals surface area (Å²) >= 11 is 1.61. The highest BCUT2D eigenvalue weighted by atomic mass is 32.1. The summed E-state index contributed by atoms with van der Waals surface area (Å²) in [6.07, 6.45) is 7.97. The van der Waals surface area contributed by atoms with Crippen LogP contribution in [0.1, 0.15) is 44.2 Å². The van der Waals surface area contributed by atoms with E-state index >= 15 is 0 Å². The summed E-state index contributed by atoms with van der Waals surface area (Å²) in [5.41, 5.74) is 0.699. The van der Waals surface area contributed by atoms with Gasteiger partial charge in [0, 0.05) is 18.0 Å². The minimum absolute atomic E-state index is 0.0401. The monoisotopic (exact) mass is 280 g/mol. The molecule has 2 fully saturated rings. The van der Waals surface area contributed by atoms with Crippen molar-refractivity contribution in [3.8, 4) is 0 Å². The number of carboxylic acids is 1. The molecule has 1 aliphatic heterocycles. The second kappa shape index (κ2) is 5.49. The average molecular weight is 280 g/mol. The van der Waals surface area contributed by atoms with E-state index in [-0.39, 0.29) is 6.42 Å². The fraction of sp³-hybridized carbons (Fsp3) is 0.714. The molecule has 0 aromatic carbocycles. The van der Waals surface area contributed by atoms with Crippen molar-refractivity contribution in [2.45, 2.75) is 51.0 Å². The maximum atomic E-state index is 10.7. The van der Waals surface area contributed by atoms with E-state index in [4.69, 9.17) is 5.11 Å². The van der Waals surface area contributed by atoms with Crippen LogP contribution >= 0.6 is 11.3 Å². The highest BCUT2D eigenvalue weighted by Crippen LogP contribution is 2.38. The first kappa shape index (κ1) is 12.9. The van der Waals surface area contributed by atoms with Gasteiger partial charge in [0.1, 0.15) is 0 Å². The number of fused-ring (bicyclic) bond motifs is 1.